The topological polar surface area (TPSA) is 47.9 Å². The molecule has 186 valence electrons. The molecule has 4 nitrogen and oxygen atoms in total. The van der Waals surface area contributed by atoms with Crippen LogP contribution in [0.1, 0.15) is 61.8 Å². The quantitative estimate of drug-likeness (QED) is 0.299. The van der Waals surface area contributed by atoms with Crippen LogP contribution in [0, 0.1) is 0 Å². The van der Waals surface area contributed by atoms with Gasteiger partial charge in [-0.05, 0) is 23.1 Å². The number of ether oxygens (including phenoxy) is 3. The summed E-state index contributed by atoms with van der Waals surface area (Å²) >= 11 is 0. The van der Waals surface area contributed by atoms with E-state index in [1.807, 2.05) is 66.7 Å². The van der Waals surface area contributed by atoms with E-state index in [0.717, 1.165) is 36.0 Å². The molecule has 0 aliphatic carbocycles. The number of unbranched alkanes of at least 4 members (excludes halogenated alkanes) is 2. The molecule has 3 aromatic rings. The Bertz CT molecular complexity index is 979. The second kappa shape index (κ2) is 13.0. The Morgan fingerprint density at radius 2 is 1.43 bits per heavy atom. The highest BCUT2D eigenvalue weighted by molar-refractivity contribution is 5.20. The first-order chi connectivity index (χ1) is 17.2. The standard InChI is InChI=1S/C31H38O4/c1-2-3-13-20-31(32)21-28(27-18-11-6-12-19-27)35-29(24-33-22-25-14-7-4-8-15-25)30(31)34-23-26-16-9-5-10-17-26/h4-12,14-19,28-30,32H,2-3,13,20-24H2,1H3/t28-,29+,30+,31-/m0/s1. The summed E-state index contributed by atoms with van der Waals surface area (Å²) in [7, 11) is 0. The van der Waals surface area contributed by atoms with Gasteiger partial charge in [-0.1, -0.05) is 117 Å². The highest BCUT2D eigenvalue weighted by atomic mass is 16.6. The minimum Gasteiger partial charge on any atom is -0.387 e. The molecule has 0 bridgehead atoms. The minimum absolute atomic E-state index is 0.204. The summed E-state index contributed by atoms with van der Waals surface area (Å²) in [4.78, 5) is 0. The molecular formula is C31H38O4. The van der Waals surface area contributed by atoms with E-state index >= 15 is 0 Å². The second-order valence-electron chi connectivity index (χ2n) is 9.56. The predicted octanol–water partition coefficient (Wildman–Crippen LogP) is 6.63. The van der Waals surface area contributed by atoms with Crippen molar-refractivity contribution in [3.63, 3.8) is 0 Å². The fraction of sp³-hybridized carbons (Fsp3) is 0.419. The van der Waals surface area contributed by atoms with Gasteiger partial charge in [-0.3, -0.25) is 0 Å². The van der Waals surface area contributed by atoms with Gasteiger partial charge in [0.05, 0.1) is 31.5 Å². The van der Waals surface area contributed by atoms with Gasteiger partial charge in [0.15, 0.2) is 0 Å². The fourth-order valence-electron chi connectivity index (χ4n) is 4.92. The lowest BCUT2D eigenvalue weighted by Crippen LogP contribution is -2.57. The first kappa shape index (κ1) is 25.6. The first-order valence-electron chi connectivity index (χ1n) is 12.9. The summed E-state index contributed by atoms with van der Waals surface area (Å²) in [5.74, 6) is 0. The van der Waals surface area contributed by atoms with Crippen LogP contribution in [0.2, 0.25) is 0 Å². The molecule has 4 heteroatoms. The third-order valence-corrected chi connectivity index (χ3v) is 6.80. The zero-order valence-electron chi connectivity index (χ0n) is 20.7. The number of rotatable bonds is 12. The molecule has 0 radical (unpaired) electrons. The predicted molar refractivity (Wildman–Crippen MR) is 139 cm³/mol. The molecule has 1 heterocycles. The normalized spacial score (nSPS) is 24.3. The molecule has 1 fully saturated rings. The molecule has 35 heavy (non-hydrogen) atoms. The average Bonchev–Trinajstić information content (AvgIpc) is 2.90. The van der Waals surface area contributed by atoms with Gasteiger partial charge in [0, 0.05) is 6.42 Å². The third kappa shape index (κ3) is 7.25. The van der Waals surface area contributed by atoms with Crippen LogP contribution in [-0.4, -0.2) is 29.5 Å². The third-order valence-electron chi connectivity index (χ3n) is 6.80. The molecular weight excluding hydrogens is 436 g/mol. The van der Waals surface area contributed by atoms with E-state index in [0.29, 0.717) is 32.7 Å². The van der Waals surface area contributed by atoms with Gasteiger partial charge in [0.1, 0.15) is 12.2 Å². The van der Waals surface area contributed by atoms with Gasteiger partial charge in [-0.15, -0.1) is 0 Å². The maximum absolute atomic E-state index is 12.1. The molecule has 0 saturated carbocycles. The molecule has 0 amide bonds. The van der Waals surface area contributed by atoms with E-state index in [2.05, 4.69) is 31.2 Å². The first-order valence-corrected chi connectivity index (χ1v) is 12.9. The van der Waals surface area contributed by atoms with E-state index in [-0.39, 0.29) is 12.2 Å². The Morgan fingerprint density at radius 1 is 0.829 bits per heavy atom. The van der Waals surface area contributed by atoms with Gasteiger partial charge >= 0.3 is 0 Å². The van der Waals surface area contributed by atoms with Crippen LogP contribution >= 0.6 is 0 Å². The van der Waals surface area contributed by atoms with Crippen molar-refractivity contribution in [2.45, 2.75) is 76.2 Å². The molecule has 4 atom stereocenters. The molecule has 4 rings (SSSR count). The van der Waals surface area contributed by atoms with Crippen LogP contribution < -0.4 is 0 Å². The Balaban J connectivity index is 1.55. The Labute approximate surface area is 209 Å². The van der Waals surface area contributed by atoms with Crippen molar-refractivity contribution >= 4 is 0 Å². The monoisotopic (exact) mass is 474 g/mol. The summed E-state index contributed by atoms with van der Waals surface area (Å²) < 4.78 is 19.2. The van der Waals surface area contributed by atoms with Crippen LogP contribution in [0.15, 0.2) is 91.0 Å². The van der Waals surface area contributed by atoms with Gasteiger partial charge < -0.3 is 19.3 Å². The van der Waals surface area contributed by atoms with Crippen LogP contribution in [0.5, 0.6) is 0 Å². The van der Waals surface area contributed by atoms with Crippen molar-refractivity contribution in [3.8, 4) is 0 Å². The molecule has 1 N–H and O–H groups in total. The van der Waals surface area contributed by atoms with Gasteiger partial charge in [0.2, 0.25) is 0 Å². The zero-order chi connectivity index (χ0) is 24.3. The smallest absolute Gasteiger partial charge is 0.115 e. The molecule has 1 aliphatic heterocycles. The average molecular weight is 475 g/mol. The van der Waals surface area contributed by atoms with E-state index in [9.17, 15) is 5.11 Å². The van der Waals surface area contributed by atoms with Gasteiger partial charge in [0.25, 0.3) is 0 Å². The highest BCUT2D eigenvalue weighted by Crippen LogP contribution is 2.42. The van der Waals surface area contributed by atoms with Crippen molar-refractivity contribution < 1.29 is 19.3 Å². The Hall–Kier alpha value is -2.50. The number of aliphatic hydroxyl groups is 1. The Morgan fingerprint density at radius 3 is 2.06 bits per heavy atom. The fourth-order valence-corrected chi connectivity index (χ4v) is 4.92. The van der Waals surface area contributed by atoms with E-state index in [1.165, 1.54) is 0 Å². The molecule has 0 spiro atoms. The second-order valence-corrected chi connectivity index (χ2v) is 9.56. The van der Waals surface area contributed by atoms with Crippen molar-refractivity contribution in [3.05, 3.63) is 108 Å². The van der Waals surface area contributed by atoms with E-state index in [1.54, 1.807) is 0 Å². The molecule has 3 aromatic carbocycles. The largest absolute Gasteiger partial charge is 0.387 e. The maximum Gasteiger partial charge on any atom is 0.115 e. The van der Waals surface area contributed by atoms with Crippen LogP contribution in [0.25, 0.3) is 0 Å². The summed E-state index contributed by atoms with van der Waals surface area (Å²) in [6.45, 7) is 3.46. The van der Waals surface area contributed by atoms with E-state index in [4.69, 9.17) is 14.2 Å². The van der Waals surface area contributed by atoms with Crippen LogP contribution in [0.4, 0.5) is 0 Å². The molecule has 1 aliphatic rings. The van der Waals surface area contributed by atoms with E-state index < -0.39 is 11.7 Å². The van der Waals surface area contributed by atoms with Gasteiger partial charge in [-0.25, -0.2) is 0 Å². The van der Waals surface area contributed by atoms with Crippen molar-refractivity contribution in [2.24, 2.45) is 0 Å². The highest BCUT2D eigenvalue weighted by Gasteiger charge is 2.49. The lowest BCUT2D eigenvalue weighted by atomic mass is 9.78. The van der Waals surface area contributed by atoms with Crippen molar-refractivity contribution in [2.75, 3.05) is 6.61 Å². The van der Waals surface area contributed by atoms with Crippen molar-refractivity contribution in [1.82, 2.24) is 0 Å². The maximum atomic E-state index is 12.1. The lowest BCUT2D eigenvalue weighted by molar-refractivity contribution is -0.250. The number of hydrogen-bond acceptors (Lipinski definition) is 4. The Kier molecular flexibility index (Phi) is 9.50. The zero-order valence-corrected chi connectivity index (χ0v) is 20.7. The minimum atomic E-state index is -0.997. The number of benzene rings is 3. The SMILES string of the molecule is CCCCC[C@]1(O)C[C@@H](c2ccccc2)O[C@H](COCc2ccccc2)[C@H]1OCc1ccccc1. The molecule has 0 aromatic heterocycles. The summed E-state index contributed by atoms with van der Waals surface area (Å²) in [5, 5.41) is 12.1. The number of hydrogen-bond donors (Lipinski definition) is 1. The van der Waals surface area contributed by atoms with Crippen molar-refractivity contribution in [1.29, 1.82) is 0 Å². The summed E-state index contributed by atoms with van der Waals surface area (Å²) in [6, 6.07) is 30.4. The summed E-state index contributed by atoms with van der Waals surface area (Å²) in [5.41, 5.74) is 2.28. The van der Waals surface area contributed by atoms with Crippen LogP contribution in [-0.2, 0) is 27.4 Å². The molecule has 1 saturated heterocycles. The summed E-state index contributed by atoms with van der Waals surface area (Å²) in [6.07, 6.45) is 3.27. The van der Waals surface area contributed by atoms with Gasteiger partial charge in [-0.2, -0.15) is 0 Å². The van der Waals surface area contributed by atoms with Crippen LogP contribution in [0.3, 0.4) is 0 Å². The lowest BCUT2D eigenvalue weighted by Gasteiger charge is -2.47. The molecule has 0 unspecified atom stereocenters.